The van der Waals surface area contributed by atoms with Gasteiger partial charge in [-0.2, -0.15) is 0 Å². The Balaban J connectivity index is 1.53. The Bertz CT molecular complexity index is 2280. The predicted octanol–water partition coefficient (Wildman–Crippen LogP) is -8.10. The summed E-state index contributed by atoms with van der Waals surface area (Å²) in [7, 11) is 0. The molecule has 3 saturated heterocycles. The third kappa shape index (κ3) is 43.6. The quantitative estimate of drug-likeness (QED) is 0.0252. The number of hydrogen-bond donors (Lipinski definition) is 15. The van der Waals surface area contributed by atoms with Crippen LogP contribution in [0, 0.1) is 0 Å². The molecule has 14 unspecified atom stereocenters. The van der Waals surface area contributed by atoms with Gasteiger partial charge in [0.1, 0.15) is 60.3 Å². The molecule has 0 spiro atoms. The summed E-state index contributed by atoms with van der Waals surface area (Å²) < 4.78 is 107. The largest absolute Gasteiger partial charge is 0.394 e. The molecule has 3 aliphatic rings. The lowest BCUT2D eigenvalue weighted by Crippen LogP contribution is -2.64. The molecule has 15 N–H and O–H groups in total. The van der Waals surface area contributed by atoms with Crippen LogP contribution in [0.15, 0.2) is 0 Å². The first-order valence-electron chi connectivity index (χ1n) is 36.1. The van der Waals surface area contributed by atoms with E-state index in [4.69, 9.17) is 90.0 Å². The average molecular weight is 1560 g/mol. The third-order valence-corrected chi connectivity index (χ3v) is 15.7. The molecule has 0 aromatic rings. The van der Waals surface area contributed by atoms with Crippen LogP contribution in [-0.4, -0.2) is 405 Å². The average Bonchev–Trinajstić information content (AvgIpc) is 0.818. The fraction of sp³-hybridized carbons (Fsp3) is 0.894. The van der Waals surface area contributed by atoms with E-state index in [2.05, 4.69) is 37.2 Å². The van der Waals surface area contributed by atoms with E-state index in [1.165, 1.54) is 20.8 Å². The molecule has 3 fully saturated rings. The molecule has 107 heavy (non-hydrogen) atoms. The molecule has 0 bridgehead atoms. The summed E-state index contributed by atoms with van der Waals surface area (Å²) >= 11 is 0. The van der Waals surface area contributed by atoms with Crippen molar-refractivity contribution in [1.29, 1.82) is 0 Å². The molecule has 7 amide bonds. The Morgan fingerprint density at radius 1 is 0.355 bits per heavy atom. The topological polar surface area (TPSA) is 541 Å². The van der Waals surface area contributed by atoms with Gasteiger partial charge in [0.2, 0.25) is 41.4 Å². The number of amides is 7. The third-order valence-electron chi connectivity index (χ3n) is 15.7. The van der Waals surface area contributed by atoms with Crippen molar-refractivity contribution in [3.05, 3.63) is 0 Å². The van der Waals surface area contributed by atoms with Gasteiger partial charge in [0.15, 0.2) is 18.9 Å². The van der Waals surface area contributed by atoms with E-state index in [1.54, 1.807) is 0 Å². The van der Waals surface area contributed by atoms with Crippen LogP contribution in [0.1, 0.15) is 59.8 Å². The van der Waals surface area contributed by atoms with Gasteiger partial charge in [-0.1, -0.05) is 0 Å². The maximum absolute atomic E-state index is 13.8. The van der Waals surface area contributed by atoms with Crippen LogP contribution >= 0.6 is 0 Å². The predicted molar refractivity (Wildman–Crippen MR) is 367 cm³/mol. The molecule has 3 rings (SSSR count). The molecule has 0 aromatic heterocycles. The standard InChI is InChI=1S/C66H121N7O34/c1-5-89-20-21-94-30-31-95-26-22-90-13-9-55(84)73-66(42-99-14-6-52(81)67-10-17-91-23-27-96-32-35-102-63-56(70-45(2)77)49(80)38-48(39-74)105-63,43-100-15-7-53(82)68-11-18-92-24-28-97-33-36-103-64-57(71-46(3)78)61(87)59(85)50(40-75)106-64)44-101-16-8-54(83)69-12-19-93-25-29-98-34-37-104-65-58(72-47(4)79)62(88)60(86)51(41-76)107-65/h48-51,56-65,74-76,80,85-88H,5-44H2,1-4H3,(H,67,81)(H,68,82)(H,69,83)(H,70,77)(H,71,78)(H,72,79)(H,73,84). The van der Waals surface area contributed by atoms with E-state index in [0.29, 0.717) is 33.0 Å². The van der Waals surface area contributed by atoms with Crippen LogP contribution in [0.4, 0.5) is 0 Å². The molecule has 41 heteroatoms. The summed E-state index contributed by atoms with van der Waals surface area (Å²) in [5.41, 5.74) is -1.45. The number of carbonyl (C=O) groups is 7. The zero-order chi connectivity index (χ0) is 78.3. The first-order chi connectivity index (χ1) is 51.7. The Morgan fingerprint density at radius 3 is 0.991 bits per heavy atom. The zero-order valence-corrected chi connectivity index (χ0v) is 62.1. The van der Waals surface area contributed by atoms with Crippen molar-refractivity contribution in [2.24, 2.45) is 0 Å². The zero-order valence-electron chi connectivity index (χ0n) is 62.1. The van der Waals surface area contributed by atoms with Crippen LogP contribution in [-0.2, 0) is 124 Å². The van der Waals surface area contributed by atoms with Crippen molar-refractivity contribution in [3.8, 4) is 0 Å². The highest BCUT2D eigenvalue weighted by atomic mass is 16.7. The summed E-state index contributed by atoms with van der Waals surface area (Å²) in [6, 6.07) is -3.03. The molecule has 0 radical (unpaired) electrons. The highest BCUT2D eigenvalue weighted by molar-refractivity contribution is 5.78. The number of carbonyl (C=O) groups excluding carboxylic acids is 7. The van der Waals surface area contributed by atoms with E-state index in [9.17, 15) is 74.4 Å². The summed E-state index contributed by atoms with van der Waals surface area (Å²) in [5, 5.41) is 99.2. The molecule has 14 atom stereocenters. The van der Waals surface area contributed by atoms with Crippen LogP contribution in [0.2, 0.25) is 0 Å². The Hall–Kier alpha value is -4.79. The normalized spacial score (nSPS) is 24.3. The number of aliphatic hydroxyl groups excluding tert-OH is 8. The summed E-state index contributed by atoms with van der Waals surface area (Å²) in [6.45, 7) is 7.48. The fourth-order valence-electron chi connectivity index (χ4n) is 10.4. The number of hydrogen-bond acceptors (Lipinski definition) is 34. The van der Waals surface area contributed by atoms with Gasteiger partial charge in [-0.15, -0.1) is 0 Å². The van der Waals surface area contributed by atoms with Gasteiger partial charge < -0.3 is 168 Å². The van der Waals surface area contributed by atoms with Crippen LogP contribution < -0.4 is 37.2 Å². The second-order valence-electron chi connectivity index (χ2n) is 24.6. The van der Waals surface area contributed by atoms with Gasteiger partial charge in [0, 0.05) is 79.1 Å². The first-order valence-corrected chi connectivity index (χ1v) is 36.1. The minimum absolute atomic E-state index is 0.00302. The lowest BCUT2D eigenvalue weighted by Gasteiger charge is -2.42. The van der Waals surface area contributed by atoms with E-state index in [-0.39, 0.29) is 241 Å². The molecule has 0 aliphatic carbocycles. The molecule has 41 nitrogen and oxygen atoms in total. The maximum atomic E-state index is 13.8. The molecule has 3 aliphatic heterocycles. The van der Waals surface area contributed by atoms with Gasteiger partial charge in [0.25, 0.3) is 0 Å². The van der Waals surface area contributed by atoms with Crippen LogP contribution in [0.25, 0.3) is 0 Å². The number of rotatable bonds is 65. The van der Waals surface area contributed by atoms with Crippen molar-refractivity contribution >= 4 is 41.4 Å². The minimum atomic E-state index is -1.46. The van der Waals surface area contributed by atoms with Crippen molar-refractivity contribution in [1.82, 2.24) is 37.2 Å². The van der Waals surface area contributed by atoms with Crippen LogP contribution in [0.3, 0.4) is 0 Å². The van der Waals surface area contributed by atoms with E-state index in [0.717, 1.165) is 0 Å². The van der Waals surface area contributed by atoms with Gasteiger partial charge in [-0.25, -0.2) is 0 Å². The Kier molecular flexibility index (Phi) is 54.0. The summed E-state index contributed by atoms with van der Waals surface area (Å²) in [4.78, 5) is 87.7. The molecular weight excluding hydrogens is 1430 g/mol. The lowest BCUT2D eigenvalue weighted by atomic mass is 9.97. The lowest BCUT2D eigenvalue weighted by molar-refractivity contribution is -0.272. The minimum Gasteiger partial charge on any atom is -0.394 e. The highest BCUT2D eigenvalue weighted by Gasteiger charge is 2.47. The van der Waals surface area contributed by atoms with E-state index >= 15 is 0 Å². The van der Waals surface area contributed by atoms with Gasteiger partial charge >= 0.3 is 0 Å². The maximum Gasteiger partial charge on any atom is 0.222 e. The van der Waals surface area contributed by atoms with Crippen molar-refractivity contribution in [3.63, 3.8) is 0 Å². The first kappa shape index (κ1) is 96.4. The van der Waals surface area contributed by atoms with Crippen molar-refractivity contribution in [2.45, 2.75) is 151 Å². The fourth-order valence-corrected chi connectivity index (χ4v) is 10.4. The number of aliphatic hydroxyl groups is 8. The van der Waals surface area contributed by atoms with Gasteiger partial charge in [0.05, 0.1) is 217 Å². The van der Waals surface area contributed by atoms with E-state index < -0.39 is 122 Å². The van der Waals surface area contributed by atoms with Crippen LogP contribution in [0.5, 0.6) is 0 Å². The monoisotopic (exact) mass is 1560 g/mol. The molecule has 624 valence electrons. The second-order valence-corrected chi connectivity index (χ2v) is 24.6. The molecular formula is C66H121N7O34. The number of nitrogens with one attached hydrogen (secondary N) is 7. The Labute approximate surface area is 623 Å². The van der Waals surface area contributed by atoms with Crippen molar-refractivity contribution < 1.29 is 164 Å². The summed E-state index contributed by atoms with van der Waals surface area (Å²) in [6.07, 6.45) is -13.5. The molecule has 0 saturated carbocycles. The second kappa shape index (κ2) is 59.9. The smallest absolute Gasteiger partial charge is 0.222 e. The highest BCUT2D eigenvalue weighted by Crippen LogP contribution is 2.25. The molecule has 3 heterocycles. The SMILES string of the molecule is CCOCCOCCOCCOCCC(=O)NC(COCCC(=O)NCCOCCOCCOC1OC(CO)CC(O)C1NC(C)=O)(COCCC(=O)NCCOCCOCCOC1OC(CO)C(O)C(O)C1NC(C)=O)COCCC(=O)NCCOCCOCCOC1OC(CO)C(O)C(O)C1NC(C)=O. The van der Waals surface area contributed by atoms with Gasteiger partial charge in [-0.3, -0.25) is 33.6 Å². The number of ether oxygens (including phenoxy) is 19. The van der Waals surface area contributed by atoms with Gasteiger partial charge in [-0.05, 0) is 6.92 Å². The molecule has 0 aromatic carbocycles. The Morgan fingerprint density at radius 2 is 0.654 bits per heavy atom. The summed E-state index contributed by atoms with van der Waals surface area (Å²) in [5.74, 6) is -3.02. The van der Waals surface area contributed by atoms with E-state index in [1.807, 2.05) is 6.92 Å². The van der Waals surface area contributed by atoms with Crippen molar-refractivity contribution in [2.75, 3.05) is 231 Å².